The molecule has 2 N–H and O–H groups in total. The van der Waals surface area contributed by atoms with Crippen LogP contribution in [-0.4, -0.2) is 35.1 Å². The van der Waals surface area contributed by atoms with Gasteiger partial charge in [0.05, 0.1) is 18.3 Å². The number of fused-ring (bicyclic) bond motifs is 5. The molecule has 0 aromatic heterocycles. The normalized spacial score (nSPS) is 52.8. The molecule has 4 fully saturated rings. The van der Waals surface area contributed by atoms with Crippen molar-refractivity contribution >= 4 is 0 Å². The molecule has 4 aliphatic rings. The molecule has 0 amide bonds. The van der Waals surface area contributed by atoms with E-state index in [-0.39, 0.29) is 11.5 Å². The Labute approximate surface area is 153 Å². The van der Waals surface area contributed by atoms with Crippen LogP contribution in [0.5, 0.6) is 0 Å². The molecule has 4 rings (SSSR count). The van der Waals surface area contributed by atoms with Crippen LogP contribution in [0.4, 0.5) is 0 Å². The van der Waals surface area contributed by atoms with Gasteiger partial charge in [0.25, 0.3) is 0 Å². The summed E-state index contributed by atoms with van der Waals surface area (Å²) in [4.78, 5) is 0. The summed E-state index contributed by atoms with van der Waals surface area (Å²) in [6.07, 6.45) is 11.7. The smallest absolute Gasteiger partial charge is 0.0883 e. The maximum atomic E-state index is 10.9. The molecule has 4 aliphatic carbocycles. The van der Waals surface area contributed by atoms with Gasteiger partial charge in [0, 0.05) is 6.61 Å². The highest BCUT2D eigenvalue weighted by Crippen LogP contribution is 2.61. The van der Waals surface area contributed by atoms with E-state index in [0.717, 1.165) is 42.9 Å². The SMILES string of the molecule is CCOC[C@@]1(O)CC[C@H]2[C@@H](CC[C@@H]3[C@@H]2CC[C@]2(C)[C@@H](O)CCC[C@@H]32)C1. The molecular weight excluding hydrogens is 312 g/mol. The Morgan fingerprint density at radius 1 is 0.960 bits per heavy atom. The molecule has 144 valence electrons. The lowest BCUT2D eigenvalue weighted by atomic mass is 9.46. The van der Waals surface area contributed by atoms with Crippen LogP contribution in [0, 0.1) is 35.0 Å². The molecule has 3 heteroatoms. The number of aliphatic hydroxyl groups is 2. The first-order valence-electron chi connectivity index (χ1n) is 10.9. The minimum absolute atomic E-state index is 0.0763. The standard InChI is InChI=1S/C22H38O3/c1-3-25-14-22(24)12-10-16-15(13-22)7-8-18-17(16)9-11-21(2)19(18)5-4-6-20(21)23/h15-20,23-24H,3-14H2,1-2H3/t15-,16-,17+,18+,19-,20-,21-,22+/m0/s1. The van der Waals surface area contributed by atoms with Crippen LogP contribution in [-0.2, 0) is 4.74 Å². The van der Waals surface area contributed by atoms with Gasteiger partial charge in [-0.25, -0.2) is 0 Å². The summed E-state index contributed by atoms with van der Waals surface area (Å²) in [6.45, 7) is 5.61. The van der Waals surface area contributed by atoms with E-state index in [4.69, 9.17) is 4.74 Å². The minimum atomic E-state index is -0.575. The summed E-state index contributed by atoms with van der Waals surface area (Å²) in [5, 5.41) is 21.6. The van der Waals surface area contributed by atoms with Gasteiger partial charge >= 0.3 is 0 Å². The van der Waals surface area contributed by atoms with E-state index in [1.165, 1.54) is 44.9 Å². The lowest BCUT2D eigenvalue weighted by molar-refractivity contribution is -0.155. The van der Waals surface area contributed by atoms with Crippen LogP contribution < -0.4 is 0 Å². The Bertz CT molecular complexity index is 480. The Balaban J connectivity index is 1.47. The van der Waals surface area contributed by atoms with Crippen LogP contribution in [0.2, 0.25) is 0 Å². The topological polar surface area (TPSA) is 49.7 Å². The van der Waals surface area contributed by atoms with Gasteiger partial charge in [0.2, 0.25) is 0 Å². The van der Waals surface area contributed by atoms with Crippen molar-refractivity contribution in [2.45, 2.75) is 89.8 Å². The zero-order valence-corrected chi connectivity index (χ0v) is 16.3. The lowest BCUT2D eigenvalue weighted by Gasteiger charge is -2.60. The Hall–Kier alpha value is -0.120. The second kappa shape index (κ2) is 6.80. The Morgan fingerprint density at radius 3 is 2.56 bits per heavy atom. The molecule has 25 heavy (non-hydrogen) atoms. The van der Waals surface area contributed by atoms with Gasteiger partial charge in [-0.1, -0.05) is 13.3 Å². The Morgan fingerprint density at radius 2 is 1.76 bits per heavy atom. The van der Waals surface area contributed by atoms with Gasteiger partial charge in [-0.2, -0.15) is 0 Å². The molecule has 0 aromatic carbocycles. The van der Waals surface area contributed by atoms with E-state index in [0.29, 0.717) is 19.1 Å². The van der Waals surface area contributed by atoms with Crippen LogP contribution in [0.25, 0.3) is 0 Å². The molecule has 0 aromatic rings. The summed E-state index contributed by atoms with van der Waals surface area (Å²) in [5.74, 6) is 3.91. The summed E-state index contributed by atoms with van der Waals surface area (Å²) in [7, 11) is 0. The van der Waals surface area contributed by atoms with Crippen molar-refractivity contribution in [1.29, 1.82) is 0 Å². The second-order valence-corrected chi connectivity index (χ2v) is 10.0. The highest BCUT2D eigenvalue weighted by molar-refractivity contribution is 5.06. The van der Waals surface area contributed by atoms with Gasteiger partial charge in [-0.05, 0) is 99.7 Å². The predicted molar refractivity (Wildman–Crippen MR) is 99.2 cm³/mol. The fraction of sp³-hybridized carbons (Fsp3) is 1.00. The zero-order valence-electron chi connectivity index (χ0n) is 16.3. The van der Waals surface area contributed by atoms with Crippen molar-refractivity contribution in [3.8, 4) is 0 Å². The van der Waals surface area contributed by atoms with Crippen molar-refractivity contribution in [3.63, 3.8) is 0 Å². The first-order valence-corrected chi connectivity index (χ1v) is 10.9. The third-order valence-electron chi connectivity index (χ3n) is 8.87. The zero-order chi connectivity index (χ0) is 17.7. The maximum Gasteiger partial charge on any atom is 0.0883 e. The molecular formula is C22H38O3. The minimum Gasteiger partial charge on any atom is -0.393 e. The number of hydrogen-bond donors (Lipinski definition) is 2. The number of rotatable bonds is 3. The van der Waals surface area contributed by atoms with E-state index in [9.17, 15) is 10.2 Å². The van der Waals surface area contributed by atoms with E-state index in [2.05, 4.69) is 6.92 Å². The predicted octanol–water partition coefficient (Wildman–Crippen LogP) is 4.16. The van der Waals surface area contributed by atoms with E-state index >= 15 is 0 Å². The summed E-state index contributed by atoms with van der Waals surface area (Å²) < 4.78 is 5.58. The van der Waals surface area contributed by atoms with Crippen molar-refractivity contribution in [2.24, 2.45) is 35.0 Å². The number of hydrogen-bond acceptors (Lipinski definition) is 3. The monoisotopic (exact) mass is 350 g/mol. The van der Waals surface area contributed by atoms with Crippen LogP contribution in [0.15, 0.2) is 0 Å². The quantitative estimate of drug-likeness (QED) is 0.803. The number of aliphatic hydroxyl groups excluding tert-OH is 1. The first kappa shape index (κ1) is 18.3. The van der Waals surface area contributed by atoms with Crippen LogP contribution in [0.1, 0.15) is 78.1 Å². The summed E-state index contributed by atoms with van der Waals surface area (Å²) in [5.41, 5.74) is -0.398. The average Bonchev–Trinajstić information content (AvgIpc) is 2.60. The molecule has 4 saturated carbocycles. The van der Waals surface area contributed by atoms with Crippen LogP contribution in [0.3, 0.4) is 0 Å². The van der Waals surface area contributed by atoms with Crippen molar-refractivity contribution < 1.29 is 14.9 Å². The number of ether oxygens (including phenoxy) is 1. The molecule has 0 spiro atoms. The first-order chi connectivity index (χ1) is 12.0. The summed E-state index contributed by atoms with van der Waals surface area (Å²) >= 11 is 0. The van der Waals surface area contributed by atoms with Gasteiger partial charge < -0.3 is 14.9 Å². The average molecular weight is 351 g/mol. The van der Waals surface area contributed by atoms with Gasteiger partial charge in [-0.3, -0.25) is 0 Å². The largest absolute Gasteiger partial charge is 0.393 e. The molecule has 0 heterocycles. The van der Waals surface area contributed by atoms with E-state index in [1.54, 1.807) is 0 Å². The lowest BCUT2D eigenvalue weighted by Crippen LogP contribution is -2.55. The molecule has 0 saturated heterocycles. The highest BCUT2D eigenvalue weighted by Gasteiger charge is 2.56. The van der Waals surface area contributed by atoms with E-state index in [1.807, 2.05) is 6.92 Å². The van der Waals surface area contributed by atoms with Gasteiger partial charge in [0.1, 0.15) is 0 Å². The fourth-order valence-corrected chi connectivity index (χ4v) is 7.55. The van der Waals surface area contributed by atoms with Crippen molar-refractivity contribution in [2.75, 3.05) is 13.2 Å². The molecule has 8 atom stereocenters. The molecule has 0 radical (unpaired) electrons. The summed E-state index contributed by atoms with van der Waals surface area (Å²) in [6, 6.07) is 0. The van der Waals surface area contributed by atoms with Gasteiger partial charge in [0.15, 0.2) is 0 Å². The van der Waals surface area contributed by atoms with E-state index < -0.39 is 5.60 Å². The third-order valence-corrected chi connectivity index (χ3v) is 8.87. The molecule has 3 nitrogen and oxygen atoms in total. The van der Waals surface area contributed by atoms with Crippen molar-refractivity contribution in [1.82, 2.24) is 0 Å². The Kier molecular flexibility index (Phi) is 4.96. The maximum absolute atomic E-state index is 10.9. The third kappa shape index (κ3) is 3.08. The molecule has 0 aliphatic heterocycles. The highest BCUT2D eigenvalue weighted by atomic mass is 16.5. The van der Waals surface area contributed by atoms with Crippen molar-refractivity contribution in [3.05, 3.63) is 0 Å². The molecule has 0 bridgehead atoms. The fourth-order valence-electron chi connectivity index (χ4n) is 7.55. The molecule has 0 unspecified atom stereocenters. The van der Waals surface area contributed by atoms with Gasteiger partial charge in [-0.15, -0.1) is 0 Å². The second-order valence-electron chi connectivity index (χ2n) is 10.0. The van der Waals surface area contributed by atoms with Crippen LogP contribution >= 0.6 is 0 Å².